The summed E-state index contributed by atoms with van der Waals surface area (Å²) in [5.74, 6) is -0.270. The number of aryl methyl sites for hydroxylation is 2. The summed E-state index contributed by atoms with van der Waals surface area (Å²) in [4.78, 5) is 2.72. The van der Waals surface area contributed by atoms with Crippen LogP contribution in [-0.2, 0) is 26.4 Å². The van der Waals surface area contributed by atoms with Crippen molar-refractivity contribution in [1.29, 1.82) is 0 Å². The number of para-hydroxylation sites is 1. The van der Waals surface area contributed by atoms with E-state index in [0.29, 0.717) is 35.1 Å². The minimum Gasteiger partial charge on any atom is -0.294 e. The van der Waals surface area contributed by atoms with E-state index in [1.54, 1.807) is 48.5 Å². The van der Waals surface area contributed by atoms with Crippen LogP contribution in [0.25, 0.3) is 10.9 Å². The molecule has 6 aromatic rings. The molecule has 0 unspecified atom stereocenters. The Bertz CT molecular complexity index is 2290. The summed E-state index contributed by atoms with van der Waals surface area (Å²) in [6.07, 6.45) is 1.56. The van der Waals surface area contributed by atoms with Crippen molar-refractivity contribution in [1.82, 2.24) is 8.87 Å². The highest BCUT2D eigenvalue weighted by atomic mass is 32.2. The summed E-state index contributed by atoms with van der Waals surface area (Å²) < 4.78 is 59.7. The van der Waals surface area contributed by atoms with Crippen molar-refractivity contribution in [3.8, 4) is 0 Å². The lowest BCUT2D eigenvalue weighted by atomic mass is 9.90. The van der Waals surface area contributed by atoms with Gasteiger partial charge in [-0.05, 0) is 69.1 Å². The maximum absolute atomic E-state index is 14.7. The van der Waals surface area contributed by atoms with E-state index in [4.69, 9.17) is 0 Å². The monoisotopic (exact) mass is 688 g/mol. The fourth-order valence-corrected chi connectivity index (χ4v) is 11.3. The molecule has 1 fully saturated rings. The first-order valence-corrected chi connectivity index (χ1v) is 19.7. The zero-order valence-electron chi connectivity index (χ0n) is 27.7. The summed E-state index contributed by atoms with van der Waals surface area (Å²) in [6.45, 7) is 5.35. The Labute approximate surface area is 289 Å². The molecule has 2 heterocycles. The highest BCUT2D eigenvalue weighted by molar-refractivity contribution is 7.92. The second-order valence-electron chi connectivity index (χ2n) is 13.0. The molecule has 0 radical (unpaired) electrons. The van der Waals surface area contributed by atoms with Crippen molar-refractivity contribution >= 4 is 30.8 Å². The molecule has 1 aliphatic carbocycles. The van der Waals surface area contributed by atoms with Gasteiger partial charge in [-0.15, -0.1) is 0 Å². The average molecular weight is 689 g/mol. The van der Waals surface area contributed by atoms with Gasteiger partial charge in [-0.1, -0.05) is 120 Å². The first-order valence-electron chi connectivity index (χ1n) is 16.7. The van der Waals surface area contributed by atoms with Gasteiger partial charge in [-0.3, -0.25) is 4.90 Å². The molecular weight excluding hydrogens is 649 g/mol. The van der Waals surface area contributed by atoms with Gasteiger partial charge in [0, 0.05) is 35.1 Å². The van der Waals surface area contributed by atoms with Crippen molar-refractivity contribution in [2.24, 2.45) is 0 Å². The summed E-state index contributed by atoms with van der Waals surface area (Å²) in [7, 11) is -7.91. The Morgan fingerprint density at radius 1 is 0.633 bits per heavy atom. The summed E-state index contributed by atoms with van der Waals surface area (Å²) in [5.41, 5.74) is 5.17. The SMILES string of the molecule is Cc1ccc(S(=O)(=O)[C@H]2c3c(n(S(=O)(=O)c4ccccc4)c4ccccc34)[C@@H]3CCCN(Cc4ccccc4)[C@@H]32)cc1.Cc1ccccc1. The van der Waals surface area contributed by atoms with E-state index >= 15 is 0 Å². The van der Waals surface area contributed by atoms with Gasteiger partial charge in [0.15, 0.2) is 9.84 Å². The molecule has 3 atom stereocenters. The molecule has 8 rings (SSSR count). The topological polar surface area (TPSA) is 76.5 Å². The minimum atomic E-state index is -4.01. The minimum absolute atomic E-state index is 0.187. The highest BCUT2D eigenvalue weighted by Gasteiger charge is 2.55. The molecule has 1 aliphatic heterocycles. The van der Waals surface area contributed by atoms with Crippen LogP contribution >= 0.6 is 0 Å². The second-order valence-corrected chi connectivity index (χ2v) is 16.9. The van der Waals surface area contributed by atoms with Crippen molar-refractivity contribution in [2.45, 2.75) is 60.2 Å². The molecule has 0 saturated carbocycles. The third kappa shape index (κ3) is 6.14. The van der Waals surface area contributed by atoms with E-state index in [2.05, 4.69) is 36.1 Å². The first-order chi connectivity index (χ1) is 23.7. The number of hydrogen-bond donors (Lipinski definition) is 0. The van der Waals surface area contributed by atoms with Crippen LogP contribution in [0.2, 0.25) is 0 Å². The molecule has 1 aromatic heterocycles. The van der Waals surface area contributed by atoms with Crippen LogP contribution in [0.1, 0.15) is 52.0 Å². The second kappa shape index (κ2) is 13.4. The van der Waals surface area contributed by atoms with Crippen molar-refractivity contribution < 1.29 is 16.8 Å². The maximum atomic E-state index is 14.7. The van der Waals surface area contributed by atoms with Gasteiger partial charge in [0.05, 0.1) is 15.3 Å². The summed E-state index contributed by atoms with van der Waals surface area (Å²) in [6, 6.07) is 42.7. The van der Waals surface area contributed by atoms with Gasteiger partial charge in [0.1, 0.15) is 5.25 Å². The molecule has 8 heteroatoms. The number of likely N-dealkylation sites (tertiary alicyclic amines) is 1. The Morgan fingerprint density at radius 2 is 1.20 bits per heavy atom. The number of fused-ring (bicyclic) bond motifs is 5. The molecule has 0 spiro atoms. The van der Waals surface area contributed by atoms with E-state index in [1.807, 2.05) is 73.7 Å². The molecule has 6 nitrogen and oxygen atoms in total. The van der Waals surface area contributed by atoms with Crippen molar-refractivity contribution in [2.75, 3.05) is 6.54 Å². The van der Waals surface area contributed by atoms with E-state index in [-0.39, 0.29) is 15.7 Å². The fourth-order valence-electron chi connectivity index (χ4n) is 7.57. The first kappa shape index (κ1) is 33.0. The molecule has 250 valence electrons. The van der Waals surface area contributed by atoms with Crippen LogP contribution in [0.4, 0.5) is 0 Å². The van der Waals surface area contributed by atoms with Gasteiger partial charge in [-0.2, -0.15) is 0 Å². The van der Waals surface area contributed by atoms with Crippen LogP contribution in [0.3, 0.4) is 0 Å². The molecule has 0 amide bonds. The number of hydrogen-bond acceptors (Lipinski definition) is 5. The highest BCUT2D eigenvalue weighted by Crippen LogP contribution is 2.56. The molecule has 49 heavy (non-hydrogen) atoms. The molecule has 1 saturated heterocycles. The third-order valence-electron chi connectivity index (χ3n) is 9.78. The van der Waals surface area contributed by atoms with E-state index in [1.165, 1.54) is 9.54 Å². The number of benzene rings is 5. The summed E-state index contributed by atoms with van der Waals surface area (Å²) >= 11 is 0. The molecule has 5 aromatic carbocycles. The van der Waals surface area contributed by atoms with Gasteiger partial charge in [0.2, 0.25) is 0 Å². The van der Waals surface area contributed by atoms with E-state index in [9.17, 15) is 16.8 Å². The average Bonchev–Trinajstić information content (AvgIpc) is 3.64. The lowest BCUT2D eigenvalue weighted by Gasteiger charge is -2.41. The lowest BCUT2D eigenvalue weighted by Crippen LogP contribution is -2.46. The van der Waals surface area contributed by atoms with Crippen LogP contribution in [0.15, 0.2) is 149 Å². The smallest absolute Gasteiger partial charge is 0.268 e. The zero-order valence-corrected chi connectivity index (χ0v) is 29.3. The van der Waals surface area contributed by atoms with E-state index < -0.39 is 31.2 Å². The van der Waals surface area contributed by atoms with Gasteiger partial charge < -0.3 is 0 Å². The third-order valence-corrected chi connectivity index (χ3v) is 13.6. The molecule has 2 aliphatic rings. The predicted molar refractivity (Wildman–Crippen MR) is 196 cm³/mol. The normalized spacial score (nSPS) is 19.1. The molecule has 0 N–H and O–H groups in total. The van der Waals surface area contributed by atoms with Crippen LogP contribution in [-0.4, -0.2) is 38.3 Å². The zero-order chi connectivity index (χ0) is 34.2. The lowest BCUT2D eigenvalue weighted by molar-refractivity contribution is 0.123. The van der Waals surface area contributed by atoms with Crippen LogP contribution < -0.4 is 0 Å². The fraction of sp³-hybridized carbons (Fsp3) is 0.220. The van der Waals surface area contributed by atoms with Crippen LogP contribution in [0, 0.1) is 13.8 Å². The van der Waals surface area contributed by atoms with Gasteiger partial charge >= 0.3 is 0 Å². The Hall–Kier alpha value is -4.50. The Balaban J connectivity index is 0.000000483. The molecule has 0 bridgehead atoms. The van der Waals surface area contributed by atoms with Gasteiger partial charge in [0.25, 0.3) is 10.0 Å². The van der Waals surface area contributed by atoms with Crippen molar-refractivity contribution in [3.05, 3.63) is 167 Å². The number of aromatic nitrogens is 1. The standard InChI is InChI=1S/C34H32N2O4S2.C7H8/c1-24-18-20-26(21-19-24)41(37,38)34-31-28-15-8-9-17-30(28)36(42(39,40)27-13-6-3-7-14-27)32(31)29-16-10-22-35(33(29)34)23-25-11-4-2-5-12-25;1-7-5-3-2-4-6-7/h2-9,11-15,17-21,29,33-34H,10,16,22-23H2,1H3;2-6H,1H3/t29-,33-,34-;/m0./s1. The van der Waals surface area contributed by atoms with Gasteiger partial charge in [-0.25, -0.2) is 20.8 Å². The maximum Gasteiger partial charge on any atom is 0.268 e. The van der Waals surface area contributed by atoms with E-state index in [0.717, 1.165) is 24.1 Å². The number of nitrogens with zero attached hydrogens (tertiary/aromatic N) is 2. The van der Waals surface area contributed by atoms with Crippen molar-refractivity contribution in [3.63, 3.8) is 0 Å². The number of rotatable bonds is 6. The van der Waals surface area contributed by atoms with Crippen LogP contribution in [0.5, 0.6) is 0 Å². The molecular formula is C41H40N2O4S2. The number of sulfone groups is 1. The Morgan fingerprint density at radius 3 is 1.84 bits per heavy atom. The largest absolute Gasteiger partial charge is 0.294 e. The quantitative estimate of drug-likeness (QED) is 0.176. The Kier molecular flexibility index (Phi) is 9.05. The summed E-state index contributed by atoms with van der Waals surface area (Å²) in [5, 5.41) is -0.233. The predicted octanol–water partition coefficient (Wildman–Crippen LogP) is 8.46. The number of piperidine rings is 1.